The van der Waals surface area contributed by atoms with Crippen molar-refractivity contribution in [1.82, 2.24) is 14.9 Å². The van der Waals surface area contributed by atoms with Gasteiger partial charge in [-0.2, -0.15) is 0 Å². The van der Waals surface area contributed by atoms with Gasteiger partial charge in [0.15, 0.2) is 0 Å². The number of hydrogen-bond acceptors (Lipinski definition) is 5. The van der Waals surface area contributed by atoms with Crippen molar-refractivity contribution in [2.45, 2.75) is 6.42 Å². The van der Waals surface area contributed by atoms with Crippen molar-refractivity contribution in [1.29, 1.82) is 0 Å². The average Bonchev–Trinajstić information content (AvgIpc) is 2.58. The number of carbonyl (C=O) groups is 1. The zero-order chi connectivity index (χ0) is 15.4. The summed E-state index contributed by atoms with van der Waals surface area (Å²) in [4.78, 5) is 24.9. The summed E-state index contributed by atoms with van der Waals surface area (Å²) in [5.74, 6) is 1.08. The van der Waals surface area contributed by atoms with Crippen molar-refractivity contribution in [3.05, 3.63) is 48.4 Å². The average molecular weight is 297 g/mol. The molecule has 2 N–H and O–H groups in total. The van der Waals surface area contributed by atoms with Gasteiger partial charge in [0.25, 0.3) is 0 Å². The highest BCUT2D eigenvalue weighted by Crippen LogP contribution is 2.13. The SMILES string of the molecule is Nc1ccc(CC(=O)N2CCN(c3ccccn3)CC2)nc1. The number of carbonyl (C=O) groups excluding carboxylic acids is 1. The fourth-order valence-electron chi connectivity index (χ4n) is 2.53. The lowest BCUT2D eigenvalue weighted by atomic mass is 10.2. The van der Waals surface area contributed by atoms with Crippen molar-refractivity contribution in [3.8, 4) is 0 Å². The maximum atomic E-state index is 12.3. The molecule has 6 nitrogen and oxygen atoms in total. The Morgan fingerprint density at radius 2 is 1.91 bits per heavy atom. The zero-order valence-electron chi connectivity index (χ0n) is 12.4. The molecule has 0 bridgehead atoms. The summed E-state index contributed by atoms with van der Waals surface area (Å²) in [6.45, 7) is 3.03. The van der Waals surface area contributed by atoms with E-state index in [1.807, 2.05) is 23.1 Å². The van der Waals surface area contributed by atoms with Crippen LogP contribution < -0.4 is 10.6 Å². The molecule has 1 saturated heterocycles. The maximum absolute atomic E-state index is 12.3. The van der Waals surface area contributed by atoms with Gasteiger partial charge in [-0.05, 0) is 24.3 Å². The number of piperazine rings is 1. The zero-order valence-corrected chi connectivity index (χ0v) is 12.4. The number of nitrogen functional groups attached to an aromatic ring is 1. The Morgan fingerprint density at radius 3 is 2.55 bits per heavy atom. The Balaban J connectivity index is 1.54. The molecule has 1 fully saturated rings. The molecule has 0 aromatic carbocycles. The first-order chi connectivity index (χ1) is 10.7. The van der Waals surface area contributed by atoms with Crippen LogP contribution >= 0.6 is 0 Å². The normalized spacial score (nSPS) is 14.9. The molecule has 0 saturated carbocycles. The molecule has 22 heavy (non-hydrogen) atoms. The van der Waals surface area contributed by atoms with Crippen molar-refractivity contribution >= 4 is 17.4 Å². The molecule has 2 aromatic rings. The minimum atomic E-state index is 0.109. The predicted molar refractivity (Wildman–Crippen MR) is 85.4 cm³/mol. The molecule has 0 radical (unpaired) electrons. The van der Waals surface area contributed by atoms with Crippen LogP contribution in [0.1, 0.15) is 5.69 Å². The number of rotatable bonds is 3. The van der Waals surface area contributed by atoms with Gasteiger partial charge in [0.2, 0.25) is 5.91 Å². The lowest BCUT2D eigenvalue weighted by Gasteiger charge is -2.35. The molecule has 6 heteroatoms. The van der Waals surface area contributed by atoms with E-state index < -0.39 is 0 Å². The van der Waals surface area contributed by atoms with Crippen molar-refractivity contribution < 1.29 is 4.79 Å². The molecule has 1 aliphatic heterocycles. The van der Waals surface area contributed by atoms with Gasteiger partial charge in [0.05, 0.1) is 18.3 Å². The highest BCUT2D eigenvalue weighted by molar-refractivity contribution is 5.78. The Hall–Kier alpha value is -2.63. The fourth-order valence-corrected chi connectivity index (χ4v) is 2.53. The molecule has 3 heterocycles. The van der Waals surface area contributed by atoms with Crippen LogP contribution in [0.2, 0.25) is 0 Å². The molecular weight excluding hydrogens is 278 g/mol. The predicted octanol–water partition coefficient (Wildman–Crippen LogP) is 0.950. The molecule has 0 atom stereocenters. The molecule has 114 valence electrons. The molecule has 0 spiro atoms. The van der Waals surface area contributed by atoms with Crippen LogP contribution in [-0.4, -0.2) is 47.0 Å². The second-order valence-corrected chi connectivity index (χ2v) is 5.32. The van der Waals surface area contributed by atoms with E-state index in [1.54, 1.807) is 24.5 Å². The Labute approximate surface area is 129 Å². The lowest BCUT2D eigenvalue weighted by molar-refractivity contribution is -0.130. The summed E-state index contributed by atoms with van der Waals surface area (Å²) in [6, 6.07) is 9.46. The molecule has 2 aromatic heterocycles. The van der Waals surface area contributed by atoms with E-state index in [1.165, 1.54) is 0 Å². The Bertz CT molecular complexity index is 621. The molecule has 1 amide bonds. The van der Waals surface area contributed by atoms with Crippen LogP contribution in [0.5, 0.6) is 0 Å². The molecular formula is C16H19N5O. The third-order valence-corrected chi connectivity index (χ3v) is 3.79. The van der Waals surface area contributed by atoms with Gasteiger partial charge in [0, 0.05) is 38.1 Å². The summed E-state index contributed by atoms with van der Waals surface area (Å²) in [5, 5.41) is 0. The summed E-state index contributed by atoms with van der Waals surface area (Å²) in [7, 11) is 0. The number of nitrogens with zero attached hydrogens (tertiary/aromatic N) is 4. The van der Waals surface area contributed by atoms with Gasteiger partial charge >= 0.3 is 0 Å². The minimum Gasteiger partial charge on any atom is -0.397 e. The van der Waals surface area contributed by atoms with Gasteiger partial charge in [-0.1, -0.05) is 6.07 Å². The maximum Gasteiger partial charge on any atom is 0.228 e. The van der Waals surface area contributed by atoms with Crippen LogP contribution in [0.4, 0.5) is 11.5 Å². The van der Waals surface area contributed by atoms with Gasteiger partial charge < -0.3 is 15.5 Å². The molecule has 0 aliphatic carbocycles. The highest BCUT2D eigenvalue weighted by atomic mass is 16.2. The Morgan fingerprint density at radius 1 is 1.09 bits per heavy atom. The van der Waals surface area contributed by atoms with E-state index in [4.69, 9.17) is 5.73 Å². The van der Waals surface area contributed by atoms with Gasteiger partial charge in [-0.3, -0.25) is 9.78 Å². The summed E-state index contributed by atoms with van der Waals surface area (Å²) >= 11 is 0. The first kappa shape index (κ1) is 14.3. The third-order valence-electron chi connectivity index (χ3n) is 3.79. The first-order valence-corrected chi connectivity index (χ1v) is 7.36. The second kappa shape index (κ2) is 6.43. The van der Waals surface area contributed by atoms with Crippen molar-refractivity contribution in [2.75, 3.05) is 36.8 Å². The highest BCUT2D eigenvalue weighted by Gasteiger charge is 2.21. The topological polar surface area (TPSA) is 75.4 Å². The number of anilines is 2. The smallest absolute Gasteiger partial charge is 0.228 e. The summed E-state index contributed by atoms with van der Waals surface area (Å²) in [6.07, 6.45) is 3.70. The number of pyridine rings is 2. The molecule has 3 rings (SSSR count). The molecule has 1 aliphatic rings. The van der Waals surface area contributed by atoms with Crippen molar-refractivity contribution in [3.63, 3.8) is 0 Å². The third kappa shape index (κ3) is 3.33. The second-order valence-electron chi connectivity index (χ2n) is 5.32. The van der Waals surface area contributed by atoms with Crippen LogP contribution in [-0.2, 0) is 11.2 Å². The van der Waals surface area contributed by atoms with Gasteiger partial charge in [-0.25, -0.2) is 4.98 Å². The van der Waals surface area contributed by atoms with Crippen LogP contribution in [0.15, 0.2) is 42.7 Å². The standard InChI is InChI=1S/C16H19N5O/c17-13-4-5-14(19-12-13)11-16(22)21-9-7-20(8-10-21)15-3-1-2-6-18-15/h1-6,12H,7-11,17H2. The van der Waals surface area contributed by atoms with Gasteiger partial charge in [-0.15, -0.1) is 0 Å². The summed E-state index contributed by atoms with van der Waals surface area (Å²) < 4.78 is 0. The Kier molecular flexibility index (Phi) is 4.18. The first-order valence-electron chi connectivity index (χ1n) is 7.36. The van der Waals surface area contributed by atoms with Crippen LogP contribution in [0.3, 0.4) is 0 Å². The summed E-state index contributed by atoms with van der Waals surface area (Å²) in [5.41, 5.74) is 6.97. The lowest BCUT2D eigenvalue weighted by Crippen LogP contribution is -2.49. The minimum absolute atomic E-state index is 0.109. The van der Waals surface area contributed by atoms with Crippen LogP contribution in [0, 0.1) is 0 Å². The number of hydrogen-bond donors (Lipinski definition) is 1. The van der Waals surface area contributed by atoms with E-state index in [9.17, 15) is 4.79 Å². The number of aromatic nitrogens is 2. The van der Waals surface area contributed by atoms with E-state index >= 15 is 0 Å². The number of amides is 1. The number of nitrogens with two attached hydrogens (primary N) is 1. The fraction of sp³-hybridized carbons (Fsp3) is 0.312. The van der Waals surface area contributed by atoms with E-state index in [-0.39, 0.29) is 5.91 Å². The van der Waals surface area contributed by atoms with Crippen LogP contribution in [0.25, 0.3) is 0 Å². The van der Waals surface area contributed by atoms with Crippen molar-refractivity contribution in [2.24, 2.45) is 0 Å². The quantitative estimate of drug-likeness (QED) is 0.913. The molecule has 0 unspecified atom stereocenters. The van der Waals surface area contributed by atoms with E-state index in [0.29, 0.717) is 25.2 Å². The van der Waals surface area contributed by atoms with E-state index in [2.05, 4.69) is 14.9 Å². The monoisotopic (exact) mass is 297 g/mol. The largest absolute Gasteiger partial charge is 0.397 e. The van der Waals surface area contributed by atoms with Gasteiger partial charge in [0.1, 0.15) is 5.82 Å². The van der Waals surface area contributed by atoms with E-state index in [0.717, 1.165) is 24.6 Å².